The van der Waals surface area contributed by atoms with Crippen molar-refractivity contribution in [2.45, 2.75) is 36.4 Å². The van der Waals surface area contributed by atoms with Crippen molar-refractivity contribution in [1.82, 2.24) is 9.62 Å². The standard InChI is InChI=1S/C20H29N3O2S2/c1-5-17-9-11-20(26-17)27(24,25)21-14-19(22(2)3)16-8-10-18-15(13-16)7-6-12-23(18)4/h8-11,13,19,21H,5-7,12,14H2,1-4H3/t19-/m0/s1. The molecule has 2 heterocycles. The number of nitrogens with one attached hydrogen (secondary N) is 1. The molecule has 148 valence electrons. The smallest absolute Gasteiger partial charge is 0.250 e. The minimum absolute atomic E-state index is 0.0112. The minimum atomic E-state index is -3.48. The maximum atomic E-state index is 12.7. The summed E-state index contributed by atoms with van der Waals surface area (Å²) in [4.78, 5) is 5.44. The molecule has 0 spiro atoms. The summed E-state index contributed by atoms with van der Waals surface area (Å²) in [5.41, 5.74) is 3.78. The summed E-state index contributed by atoms with van der Waals surface area (Å²) in [6.45, 7) is 3.47. The van der Waals surface area contributed by atoms with E-state index in [2.05, 4.69) is 39.8 Å². The number of hydrogen-bond donors (Lipinski definition) is 1. The van der Waals surface area contributed by atoms with Crippen molar-refractivity contribution in [3.63, 3.8) is 0 Å². The molecular formula is C20H29N3O2S2. The number of aryl methyl sites for hydroxylation is 2. The fourth-order valence-corrected chi connectivity index (χ4v) is 5.94. The highest BCUT2D eigenvalue weighted by atomic mass is 32.2. The third kappa shape index (κ3) is 4.54. The number of nitrogens with zero attached hydrogens (tertiary/aromatic N) is 2. The third-order valence-electron chi connectivity index (χ3n) is 5.18. The van der Waals surface area contributed by atoms with Gasteiger partial charge in [-0.05, 0) is 62.7 Å². The Bertz CT molecular complexity index is 890. The van der Waals surface area contributed by atoms with Crippen LogP contribution in [0.1, 0.15) is 35.4 Å². The molecule has 1 aromatic heterocycles. The summed E-state index contributed by atoms with van der Waals surface area (Å²) in [6.07, 6.45) is 3.09. The second-order valence-corrected chi connectivity index (χ2v) is 10.5. The Hall–Kier alpha value is -1.41. The first-order valence-corrected chi connectivity index (χ1v) is 11.7. The van der Waals surface area contributed by atoms with Crippen molar-refractivity contribution >= 4 is 27.0 Å². The summed E-state index contributed by atoms with van der Waals surface area (Å²) >= 11 is 1.34. The Morgan fingerprint density at radius 2 is 2.04 bits per heavy atom. The fraction of sp³-hybridized carbons (Fsp3) is 0.500. The molecule has 0 fully saturated rings. The molecular weight excluding hydrogens is 378 g/mol. The van der Waals surface area contributed by atoms with E-state index in [1.165, 1.54) is 22.6 Å². The first-order chi connectivity index (χ1) is 12.8. The zero-order valence-corrected chi connectivity index (χ0v) is 18.2. The van der Waals surface area contributed by atoms with Crippen molar-refractivity contribution in [3.8, 4) is 0 Å². The summed E-state index contributed by atoms with van der Waals surface area (Å²) in [6, 6.07) is 10.1. The molecule has 27 heavy (non-hydrogen) atoms. The third-order valence-corrected chi connectivity index (χ3v) is 8.32. The van der Waals surface area contributed by atoms with Crippen LogP contribution in [-0.4, -0.2) is 47.6 Å². The number of anilines is 1. The number of hydrogen-bond acceptors (Lipinski definition) is 5. The SMILES string of the molecule is CCc1ccc(S(=O)(=O)NC[C@@H](c2ccc3c(c2)CCCN3C)N(C)C)s1. The van der Waals surface area contributed by atoms with E-state index in [1.807, 2.05) is 27.1 Å². The van der Waals surface area contributed by atoms with Gasteiger partial charge in [0.2, 0.25) is 10.0 Å². The van der Waals surface area contributed by atoms with Crippen molar-refractivity contribution in [2.24, 2.45) is 0 Å². The van der Waals surface area contributed by atoms with Crippen LogP contribution >= 0.6 is 11.3 Å². The van der Waals surface area contributed by atoms with E-state index in [9.17, 15) is 8.42 Å². The molecule has 0 amide bonds. The highest BCUT2D eigenvalue weighted by Gasteiger charge is 2.23. The summed E-state index contributed by atoms with van der Waals surface area (Å²) in [7, 11) is 2.63. The molecule has 2 aromatic rings. The topological polar surface area (TPSA) is 52.7 Å². The van der Waals surface area contributed by atoms with Crippen molar-refractivity contribution in [1.29, 1.82) is 0 Å². The molecule has 1 atom stereocenters. The maximum absolute atomic E-state index is 12.7. The molecule has 5 nitrogen and oxygen atoms in total. The van der Waals surface area contributed by atoms with E-state index < -0.39 is 10.0 Å². The molecule has 1 aliphatic rings. The molecule has 0 saturated heterocycles. The van der Waals surface area contributed by atoms with Gasteiger partial charge in [0.1, 0.15) is 4.21 Å². The number of rotatable bonds is 7. The Morgan fingerprint density at radius 1 is 1.26 bits per heavy atom. The highest BCUT2D eigenvalue weighted by molar-refractivity contribution is 7.91. The first kappa shape index (κ1) is 20.3. The van der Waals surface area contributed by atoms with Crippen LogP contribution in [0.25, 0.3) is 0 Å². The van der Waals surface area contributed by atoms with Gasteiger partial charge in [-0.2, -0.15) is 0 Å². The van der Waals surface area contributed by atoms with Crippen LogP contribution in [0.5, 0.6) is 0 Å². The molecule has 0 bridgehead atoms. The van der Waals surface area contributed by atoms with E-state index in [1.54, 1.807) is 6.07 Å². The minimum Gasteiger partial charge on any atom is -0.374 e. The Balaban J connectivity index is 1.78. The number of benzene rings is 1. The van der Waals surface area contributed by atoms with Gasteiger partial charge in [-0.1, -0.05) is 19.1 Å². The summed E-state index contributed by atoms with van der Waals surface area (Å²) < 4.78 is 28.5. The molecule has 1 N–H and O–H groups in total. The molecule has 7 heteroatoms. The van der Waals surface area contributed by atoms with Crippen LogP contribution in [0, 0.1) is 0 Å². The monoisotopic (exact) mass is 407 g/mol. The number of likely N-dealkylation sites (N-methyl/N-ethyl adjacent to an activating group) is 1. The second-order valence-electron chi connectivity index (χ2n) is 7.32. The zero-order chi connectivity index (χ0) is 19.6. The van der Waals surface area contributed by atoms with Gasteiger partial charge in [0.25, 0.3) is 0 Å². The lowest BCUT2D eigenvalue weighted by Gasteiger charge is -2.30. The predicted molar refractivity (Wildman–Crippen MR) is 113 cm³/mol. The average Bonchev–Trinajstić information content (AvgIpc) is 3.12. The summed E-state index contributed by atoms with van der Waals surface area (Å²) in [5, 5.41) is 0. The van der Waals surface area contributed by atoms with Crippen molar-refractivity contribution in [2.75, 3.05) is 39.1 Å². The van der Waals surface area contributed by atoms with Gasteiger partial charge in [-0.25, -0.2) is 13.1 Å². The van der Waals surface area contributed by atoms with E-state index in [4.69, 9.17) is 0 Å². The largest absolute Gasteiger partial charge is 0.374 e. The van der Waals surface area contributed by atoms with Crippen molar-refractivity contribution < 1.29 is 8.42 Å². The van der Waals surface area contributed by atoms with E-state index in [0.717, 1.165) is 36.2 Å². The normalized spacial score (nSPS) is 15.8. The van der Waals surface area contributed by atoms with Gasteiger partial charge in [-0.15, -0.1) is 11.3 Å². The van der Waals surface area contributed by atoms with E-state index in [-0.39, 0.29) is 6.04 Å². The van der Waals surface area contributed by atoms with Gasteiger partial charge in [0, 0.05) is 36.7 Å². The Kier molecular flexibility index (Phi) is 6.25. The van der Waals surface area contributed by atoms with Gasteiger partial charge in [0.15, 0.2) is 0 Å². The molecule has 0 saturated carbocycles. The highest BCUT2D eigenvalue weighted by Crippen LogP contribution is 2.30. The van der Waals surface area contributed by atoms with Crippen LogP contribution in [0.15, 0.2) is 34.5 Å². The van der Waals surface area contributed by atoms with Crippen LogP contribution in [0.2, 0.25) is 0 Å². The van der Waals surface area contributed by atoms with Crippen LogP contribution in [0.3, 0.4) is 0 Å². The molecule has 0 aliphatic carbocycles. The quantitative estimate of drug-likeness (QED) is 0.765. The number of sulfonamides is 1. The molecule has 0 unspecified atom stereocenters. The summed E-state index contributed by atoms with van der Waals surface area (Å²) in [5.74, 6) is 0. The predicted octanol–water partition coefficient (Wildman–Crippen LogP) is 3.27. The number of fused-ring (bicyclic) bond motifs is 1. The van der Waals surface area contributed by atoms with E-state index in [0.29, 0.717) is 10.8 Å². The molecule has 1 aliphatic heterocycles. The average molecular weight is 408 g/mol. The molecule has 0 radical (unpaired) electrons. The lowest BCUT2D eigenvalue weighted by atomic mass is 9.96. The zero-order valence-electron chi connectivity index (χ0n) is 16.5. The lowest BCUT2D eigenvalue weighted by molar-refractivity contribution is 0.299. The first-order valence-electron chi connectivity index (χ1n) is 9.40. The van der Waals surface area contributed by atoms with Crippen LogP contribution in [-0.2, 0) is 22.9 Å². The van der Waals surface area contributed by atoms with Gasteiger partial charge < -0.3 is 9.80 Å². The maximum Gasteiger partial charge on any atom is 0.250 e. The Labute approximate surface area is 167 Å². The van der Waals surface area contributed by atoms with Gasteiger partial charge in [-0.3, -0.25) is 0 Å². The molecule has 1 aromatic carbocycles. The molecule has 3 rings (SSSR count). The van der Waals surface area contributed by atoms with Crippen LogP contribution < -0.4 is 9.62 Å². The Morgan fingerprint density at radius 3 is 2.70 bits per heavy atom. The van der Waals surface area contributed by atoms with Gasteiger partial charge in [0.05, 0.1) is 0 Å². The number of thiophene rings is 1. The lowest BCUT2D eigenvalue weighted by Crippen LogP contribution is -2.34. The second kappa shape index (κ2) is 8.31. The fourth-order valence-electron chi connectivity index (χ4n) is 3.56. The van der Waals surface area contributed by atoms with Crippen LogP contribution in [0.4, 0.5) is 5.69 Å². The van der Waals surface area contributed by atoms with Crippen molar-refractivity contribution in [3.05, 3.63) is 46.3 Å². The van der Waals surface area contributed by atoms with E-state index >= 15 is 0 Å². The van der Waals surface area contributed by atoms with Gasteiger partial charge >= 0.3 is 0 Å².